The van der Waals surface area contributed by atoms with Crippen LogP contribution in [0.1, 0.15) is 35.3 Å². The number of nitrogens with one attached hydrogen (secondary N) is 1. The van der Waals surface area contributed by atoms with Gasteiger partial charge in [0.1, 0.15) is 11.4 Å². The van der Waals surface area contributed by atoms with E-state index in [4.69, 9.17) is 5.73 Å². The number of anilines is 1. The van der Waals surface area contributed by atoms with Crippen molar-refractivity contribution in [3.8, 4) is 0 Å². The summed E-state index contributed by atoms with van der Waals surface area (Å²) in [5.74, 6) is -0.880. The monoisotopic (exact) mass is 266 g/mol. The maximum absolute atomic E-state index is 11.4. The summed E-state index contributed by atoms with van der Waals surface area (Å²) >= 11 is 0. The van der Waals surface area contributed by atoms with Gasteiger partial charge in [-0.1, -0.05) is 6.42 Å². The molecule has 1 heterocycles. The lowest BCUT2D eigenvalue weighted by Gasteiger charge is -2.37. The fraction of sp³-hybridized carbons (Fsp3) is 0.583. The third-order valence-corrected chi connectivity index (χ3v) is 3.83. The molecule has 0 aliphatic heterocycles. The average Bonchev–Trinajstić information content (AvgIpc) is 2.51. The summed E-state index contributed by atoms with van der Waals surface area (Å²) in [7, 11) is 1.69. The van der Waals surface area contributed by atoms with E-state index < -0.39 is 17.3 Å². The van der Waals surface area contributed by atoms with Crippen molar-refractivity contribution >= 4 is 17.7 Å². The molecule has 7 heteroatoms. The molecule has 0 radical (unpaired) electrons. The van der Waals surface area contributed by atoms with Crippen LogP contribution < -0.4 is 11.1 Å². The molecule has 1 aliphatic rings. The zero-order valence-corrected chi connectivity index (χ0v) is 11.1. The first-order valence-corrected chi connectivity index (χ1v) is 6.18. The van der Waals surface area contributed by atoms with E-state index >= 15 is 0 Å². The molecule has 0 bridgehead atoms. The third kappa shape index (κ3) is 2.16. The Bertz CT molecular complexity index is 531. The van der Waals surface area contributed by atoms with Gasteiger partial charge in [0.15, 0.2) is 0 Å². The van der Waals surface area contributed by atoms with Gasteiger partial charge in [-0.2, -0.15) is 5.10 Å². The second-order valence-electron chi connectivity index (χ2n) is 5.09. The van der Waals surface area contributed by atoms with Gasteiger partial charge in [0.05, 0.1) is 11.1 Å². The lowest BCUT2D eigenvalue weighted by molar-refractivity contribution is -0.153. The second-order valence-corrected chi connectivity index (χ2v) is 5.09. The summed E-state index contributed by atoms with van der Waals surface area (Å²) in [6.07, 6.45) is 2.22. The second kappa shape index (κ2) is 4.56. The number of hydrogen-bond acceptors (Lipinski definition) is 4. The van der Waals surface area contributed by atoms with E-state index in [1.807, 2.05) is 0 Å². The van der Waals surface area contributed by atoms with Crippen LogP contribution in [0.25, 0.3) is 0 Å². The molecule has 1 fully saturated rings. The molecule has 7 nitrogen and oxygen atoms in total. The Hall–Kier alpha value is -2.05. The SMILES string of the molecule is Cc1nn(C)c(NCC2(C(=O)O)CCC2)c1C(N)=O. The number of nitrogens with zero attached hydrogens (tertiary/aromatic N) is 2. The van der Waals surface area contributed by atoms with Gasteiger partial charge in [0.2, 0.25) is 0 Å². The first-order chi connectivity index (χ1) is 8.87. The van der Waals surface area contributed by atoms with Crippen LogP contribution in [0.15, 0.2) is 0 Å². The van der Waals surface area contributed by atoms with E-state index in [2.05, 4.69) is 10.4 Å². The molecule has 2 rings (SSSR count). The van der Waals surface area contributed by atoms with Crippen LogP contribution in [-0.2, 0) is 11.8 Å². The largest absolute Gasteiger partial charge is 0.481 e. The summed E-state index contributed by atoms with van der Waals surface area (Å²) in [4.78, 5) is 22.7. The van der Waals surface area contributed by atoms with Crippen molar-refractivity contribution in [3.63, 3.8) is 0 Å². The lowest BCUT2D eigenvalue weighted by atomic mass is 9.69. The van der Waals surface area contributed by atoms with E-state index in [9.17, 15) is 14.7 Å². The van der Waals surface area contributed by atoms with E-state index in [0.29, 0.717) is 29.9 Å². The molecule has 1 aromatic heterocycles. The highest BCUT2D eigenvalue weighted by atomic mass is 16.4. The number of carboxylic acids is 1. The van der Waals surface area contributed by atoms with Crippen molar-refractivity contribution in [1.82, 2.24) is 9.78 Å². The summed E-state index contributed by atoms with van der Waals surface area (Å²) in [5, 5.41) is 16.4. The molecule has 0 aromatic carbocycles. The molecule has 1 amide bonds. The molecule has 1 aliphatic carbocycles. The Balaban J connectivity index is 2.20. The minimum atomic E-state index is -0.800. The molecule has 0 saturated heterocycles. The maximum Gasteiger partial charge on any atom is 0.311 e. The maximum atomic E-state index is 11.4. The molecule has 0 unspecified atom stereocenters. The fourth-order valence-electron chi connectivity index (χ4n) is 2.48. The summed E-state index contributed by atoms with van der Waals surface area (Å²) in [6.45, 7) is 1.98. The lowest BCUT2D eigenvalue weighted by Crippen LogP contribution is -2.44. The van der Waals surface area contributed by atoms with E-state index in [1.54, 1.807) is 14.0 Å². The summed E-state index contributed by atoms with van der Waals surface area (Å²) in [5.41, 5.74) is 5.46. The first-order valence-electron chi connectivity index (χ1n) is 6.18. The predicted octanol–water partition coefficient (Wildman–Crippen LogP) is 0.494. The van der Waals surface area contributed by atoms with Crippen molar-refractivity contribution in [2.24, 2.45) is 18.2 Å². The Morgan fingerprint density at radius 3 is 2.58 bits per heavy atom. The quantitative estimate of drug-likeness (QED) is 0.718. The summed E-state index contributed by atoms with van der Waals surface area (Å²) < 4.78 is 1.52. The molecule has 19 heavy (non-hydrogen) atoms. The molecular formula is C12H18N4O3. The highest BCUT2D eigenvalue weighted by molar-refractivity contribution is 5.99. The van der Waals surface area contributed by atoms with Crippen LogP contribution >= 0.6 is 0 Å². The molecular weight excluding hydrogens is 248 g/mol. The van der Waals surface area contributed by atoms with Crippen LogP contribution in [0.2, 0.25) is 0 Å². The van der Waals surface area contributed by atoms with Crippen molar-refractivity contribution in [1.29, 1.82) is 0 Å². The van der Waals surface area contributed by atoms with E-state index in [1.165, 1.54) is 4.68 Å². The van der Waals surface area contributed by atoms with Gasteiger partial charge < -0.3 is 16.2 Å². The Labute approximate surface area is 110 Å². The van der Waals surface area contributed by atoms with Crippen molar-refractivity contribution in [2.45, 2.75) is 26.2 Å². The van der Waals surface area contributed by atoms with Crippen LogP contribution in [0.4, 0.5) is 5.82 Å². The highest BCUT2D eigenvalue weighted by Crippen LogP contribution is 2.41. The van der Waals surface area contributed by atoms with Crippen LogP contribution in [-0.4, -0.2) is 33.3 Å². The number of carbonyl (C=O) groups excluding carboxylic acids is 1. The summed E-state index contributed by atoms with van der Waals surface area (Å²) in [6, 6.07) is 0. The van der Waals surface area contributed by atoms with Gasteiger partial charge in [0, 0.05) is 13.6 Å². The molecule has 1 saturated carbocycles. The minimum absolute atomic E-state index is 0.279. The number of carbonyl (C=O) groups is 2. The number of amides is 1. The molecule has 104 valence electrons. The predicted molar refractivity (Wildman–Crippen MR) is 68.9 cm³/mol. The minimum Gasteiger partial charge on any atom is -0.481 e. The molecule has 0 spiro atoms. The normalized spacial score (nSPS) is 16.7. The number of rotatable bonds is 5. The Kier molecular flexibility index (Phi) is 3.21. The topological polar surface area (TPSA) is 110 Å². The molecule has 4 N–H and O–H groups in total. The molecule has 0 atom stereocenters. The third-order valence-electron chi connectivity index (χ3n) is 3.83. The molecule has 1 aromatic rings. The number of aliphatic carboxylic acids is 1. The number of carboxylic acid groups (broad SMARTS) is 1. The first kappa shape index (κ1) is 13.4. The van der Waals surface area contributed by atoms with Gasteiger partial charge in [-0.3, -0.25) is 14.3 Å². The van der Waals surface area contributed by atoms with Crippen LogP contribution in [0, 0.1) is 12.3 Å². The van der Waals surface area contributed by atoms with Crippen molar-refractivity contribution < 1.29 is 14.7 Å². The number of aryl methyl sites for hydroxylation is 2. The Morgan fingerprint density at radius 2 is 2.16 bits per heavy atom. The van der Waals surface area contributed by atoms with Crippen molar-refractivity contribution in [3.05, 3.63) is 11.3 Å². The Morgan fingerprint density at radius 1 is 1.53 bits per heavy atom. The number of aromatic nitrogens is 2. The number of primary amides is 1. The van der Waals surface area contributed by atoms with Crippen LogP contribution in [0.3, 0.4) is 0 Å². The number of hydrogen-bond donors (Lipinski definition) is 3. The fourth-order valence-corrected chi connectivity index (χ4v) is 2.48. The van der Waals surface area contributed by atoms with Gasteiger partial charge in [-0.15, -0.1) is 0 Å². The average molecular weight is 266 g/mol. The van der Waals surface area contributed by atoms with Gasteiger partial charge in [-0.05, 0) is 19.8 Å². The zero-order chi connectivity index (χ0) is 14.2. The van der Waals surface area contributed by atoms with Crippen molar-refractivity contribution in [2.75, 3.05) is 11.9 Å². The van der Waals surface area contributed by atoms with E-state index in [0.717, 1.165) is 6.42 Å². The zero-order valence-electron chi connectivity index (χ0n) is 11.1. The highest BCUT2D eigenvalue weighted by Gasteiger charge is 2.44. The van der Waals surface area contributed by atoms with E-state index in [-0.39, 0.29) is 6.54 Å². The number of nitrogens with two attached hydrogens (primary N) is 1. The van der Waals surface area contributed by atoms with Gasteiger partial charge in [-0.25, -0.2) is 0 Å². The van der Waals surface area contributed by atoms with Gasteiger partial charge >= 0.3 is 5.97 Å². The van der Waals surface area contributed by atoms with Crippen LogP contribution in [0.5, 0.6) is 0 Å². The smallest absolute Gasteiger partial charge is 0.311 e. The standard InChI is InChI=1S/C12H18N4O3/c1-7-8(9(13)17)10(16(2)15-7)14-6-12(11(18)19)4-3-5-12/h14H,3-6H2,1-2H3,(H2,13,17)(H,18,19). The van der Waals surface area contributed by atoms with Gasteiger partial charge in [0.25, 0.3) is 5.91 Å².